The van der Waals surface area contributed by atoms with Crippen molar-refractivity contribution in [1.82, 2.24) is 0 Å². The van der Waals surface area contributed by atoms with Crippen LogP contribution in [-0.4, -0.2) is 23.1 Å². The quantitative estimate of drug-likeness (QED) is 0.0625. The van der Waals surface area contributed by atoms with Crippen molar-refractivity contribution in [2.24, 2.45) is 23.7 Å². The lowest BCUT2D eigenvalue weighted by Gasteiger charge is -2.39. The summed E-state index contributed by atoms with van der Waals surface area (Å²) >= 11 is 0. The van der Waals surface area contributed by atoms with E-state index in [9.17, 15) is 9.59 Å². The molecule has 4 unspecified atom stereocenters. The molecule has 1 fully saturated rings. The highest BCUT2D eigenvalue weighted by Gasteiger charge is 2.43. The summed E-state index contributed by atoms with van der Waals surface area (Å²) in [6.45, 7) is 18.1. The van der Waals surface area contributed by atoms with Crippen molar-refractivity contribution in [3.8, 4) is 0 Å². The Balaban J connectivity index is 3.00. The fourth-order valence-electron chi connectivity index (χ4n) is 7.68. The standard InChI is InChI=1S/C42H80O4/c1-9-13-23-31-41(11-3,33-25-17-15-19-27-35(5)6)45-39(43)37-29-21-22-30-38(37)40(44)46-42(12-4,32-24-14-10-2)34-26-18-16-20-28-36(7)8/h35-38H,9-34H2,1-8H3. The van der Waals surface area contributed by atoms with Crippen molar-refractivity contribution in [1.29, 1.82) is 0 Å². The number of hydrogen-bond donors (Lipinski definition) is 0. The molecule has 0 amide bonds. The number of rotatable bonds is 28. The van der Waals surface area contributed by atoms with Gasteiger partial charge in [0.05, 0.1) is 11.8 Å². The van der Waals surface area contributed by atoms with Crippen molar-refractivity contribution in [2.75, 3.05) is 0 Å². The van der Waals surface area contributed by atoms with E-state index >= 15 is 0 Å². The van der Waals surface area contributed by atoms with Crippen LogP contribution in [0, 0.1) is 23.7 Å². The molecule has 0 bridgehead atoms. The molecular weight excluding hydrogens is 568 g/mol. The average molecular weight is 649 g/mol. The molecule has 4 atom stereocenters. The van der Waals surface area contributed by atoms with Crippen molar-refractivity contribution in [3.05, 3.63) is 0 Å². The Morgan fingerprint density at radius 3 is 1.15 bits per heavy atom. The van der Waals surface area contributed by atoms with Crippen LogP contribution in [-0.2, 0) is 19.1 Å². The smallest absolute Gasteiger partial charge is 0.310 e. The maximum absolute atomic E-state index is 14.1. The summed E-state index contributed by atoms with van der Waals surface area (Å²) in [4.78, 5) is 28.1. The average Bonchev–Trinajstić information content (AvgIpc) is 3.03. The van der Waals surface area contributed by atoms with Crippen molar-refractivity contribution in [2.45, 2.75) is 234 Å². The lowest BCUT2D eigenvalue weighted by Crippen LogP contribution is -2.44. The minimum Gasteiger partial charge on any atom is -0.459 e. The van der Waals surface area contributed by atoms with Gasteiger partial charge < -0.3 is 9.47 Å². The number of hydrogen-bond acceptors (Lipinski definition) is 4. The highest BCUT2D eigenvalue weighted by Crippen LogP contribution is 2.39. The SMILES string of the molecule is CCCCCC(CC)(CCCCCCC(C)C)OC(=O)C1CCCCC1C(=O)OC(CC)(CCCCC)CCCCCCC(C)C. The highest BCUT2D eigenvalue weighted by molar-refractivity contribution is 5.82. The first-order valence-electron chi connectivity index (χ1n) is 20.5. The van der Waals surface area contributed by atoms with Gasteiger partial charge in [-0.05, 0) is 88.9 Å². The molecule has 4 nitrogen and oxygen atoms in total. The lowest BCUT2D eigenvalue weighted by molar-refractivity contribution is -0.182. The molecule has 0 aliphatic heterocycles. The van der Waals surface area contributed by atoms with Crippen molar-refractivity contribution >= 4 is 11.9 Å². The normalized spacial score (nSPS) is 19.6. The van der Waals surface area contributed by atoms with Crippen LogP contribution in [0.3, 0.4) is 0 Å². The maximum atomic E-state index is 14.1. The van der Waals surface area contributed by atoms with Crippen LogP contribution in [0.4, 0.5) is 0 Å². The van der Waals surface area contributed by atoms with Gasteiger partial charge in [-0.15, -0.1) is 0 Å². The third-order valence-corrected chi connectivity index (χ3v) is 11.1. The molecule has 0 aromatic rings. The highest BCUT2D eigenvalue weighted by atomic mass is 16.6. The Kier molecular flexibility index (Phi) is 23.3. The summed E-state index contributed by atoms with van der Waals surface area (Å²) in [5.41, 5.74) is -0.807. The molecule has 0 heterocycles. The summed E-state index contributed by atoms with van der Waals surface area (Å²) in [7, 11) is 0. The molecule has 1 rings (SSSR count). The summed E-state index contributed by atoms with van der Waals surface area (Å²) in [6.07, 6.45) is 28.0. The summed E-state index contributed by atoms with van der Waals surface area (Å²) < 4.78 is 13.2. The van der Waals surface area contributed by atoms with Crippen LogP contribution in [0.2, 0.25) is 0 Å². The minimum absolute atomic E-state index is 0.127. The molecule has 0 N–H and O–H groups in total. The third kappa shape index (κ3) is 17.4. The molecule has 0 radical (unpaired) electrons. The number of carbonyl (C=O) groups excluding carboxylic acids is 2. The van der Waals surface area contributed by atoms with Crippen LogP contribution < -0.4 is 0 Å². The first-order chi connectivity index (χ1) is 22.1. The van der Waals surface area contributed by atoms with Crippen LogP contribution in [0.5, 0.6) is 0 Å². The molecule has 1 aliphatic rings. The fraction of sp³-hybridized carbons (Fsp3) is 0.952. The van der Waals surface area contributed by atoms with Crippen molar-refractivity contribution in [3.63, 3.8) is 0 Å². The second-order valence-corrected chi connectivity index (χ2v) is 16.0. The van der Waals surface area contributed by atoms with Gasteiger partial charge in [0.25, 0.3) is 0 Å². The number of esters is 2. The van der Waals surface area contributed by atoms with Gasteiger partial charge in [0.15, 0.2) is 0 Å². The van der Waals surface area contributed by atoms with Crippen LogP contribution in [0.1, 0.15) is 222 Å². The lowest BCUT2D eigenvalue weighted by atomic mass is 9.78. The first-order valence-corrected chi connectivity index (χ1v) is 20.5. The molecule has 0 spiro atoms. The monoisotopic (exact) mass is 649 g/mol. The number of ether oxygens (including phenoxy) is 2. The van der Waals surface area contributed by atoms with Crippen molar-refractivity contribution < 1.29 is 19.1 Å². The Hall–Kier alpha value is -1.06. The molecule has 272 valence electrons. The van der Waals surface area contributed by atoms with Crippen LogP contribution in [0.15, 0.2) is 0 Å². The zero-order chi connectivity index (χ0) is 34.3. The number of unbranched alkanes of at least 4 members (excludes halogenated alkanes) is 10. The summed E-state index contributed by atoms with van der Waals surface area (Å²) in [6, 6.07) is 0. The van der Waals surface area contributed by atoms with E-state index in [-0.39, 0.29) is 23.8 Å². The van der Waals surface area contributed by atoms with E-state index < -0.39 is 11.2 Å². The van der Waals surface area contributed by atoms with E-state index in [4.69, 9.17) is 9.47 Å². The molecule has 0 aromatic heterocycles. The van der Waals surface area contributed by atoms with Gasteiger partial charge in [-0.3, -0.25) is 9.59 Å². The molecule has 4 heteroatoms. The molecule has 0 saturated heterocycles. The molecule has 46 heavy (non-hydrogen) atoms. The van der Waals surface area contributed by atoms with E-state index in [2.05, 4.69) is 55.4 Å². The van der Waals surface area contributed by atoms with Gasteiger partial charge in [0.2, 0.25) is 0 Å². The summed E-state index contributed by atoms with van der Waals surface area (Å²) in [5, 5.41) is 0. The molecule has 0 aromatic carbocycles. The van der Waals surface area contributed by atoms with E-state index in [0.717, 1.165) is 115 Å². The van der Waals surface area contributed by atoms with Crippen LogP contribution >= 0.6 is 0 Å². The molecular formula is C42H80O4. The summed E-state index contributed by atoms with van der Waals surface area (Å²) in [5.74, 6) is 0.531. The van der Waals surface area contributed by atoms with E-state index in [1.165, 1.54) is 64.2 Å². The van der Waals surface area contributed by atoms with Gasteiger partial charge in [0, 0.05) is 0 Å². The largest absolute Gasteiger partial charge is 0.459 e. The molecule has 1 saturated carbocycles. The predicted molar refractivity (Wildman–Crippen MR) is 197 cm³/mol. The van der Waals surface area contributed by atoms with Gasteiger partial charge >= 0.3 is 11.9 Å². The second-order valence-electron chi connectivity index (χ2n) is 16.0. The Bertz CT molecular complexity index is 712. The van der Waals surface area contributed by atoms with Gasteiger partial charge in [-0.25, -0.2) is 0 Å². The van der Waals surface area contributed by atoms with E-state index in [0.29, 0.717) is 0 Å². The Morgan fingerprint density at radius 1 is 0.522 bits per heavy atom. The molecule has 1 aliphatic carbocycles. The number of carbonyl (C=O) groups is 2. The van der Waals surface area contributed by atoms with Gasteiger partial charge in [-0.2, -0.15) is 0 Å². The Morgan fingerprint density at radius 2 is 0.848 bits per heavy atom. The predicted octanol–water partition coefficient (Wildman–Crippen LogP) is 13.3. The van der Waals surface area contributed by atoms with Crippen LogP contribution in [0.25, 0.3) is 0 Å². The Labute approximate surface area is 287 Å². The fourth-order valence-corrected chi connectivity index (χ4v) is 7.68. The maximum Gasteiger partial charge on any atom is 0.310 e. The first kappa shape index (κ1) is 43.0. The zero-order valence-corrected chi connectivity index (χ0v) is 32.3. The van der Waals surface area contributed by atoms with Gasteiger partial charge in [0.1, 0.15) is 11.2 Å². The minimum atomic E-state index is -0.404. The second kappa shape index (κ2) is 25.0. The van der Waals surface area contributed by atoms with E-state index in [1.54, 1.807) is 0 Å². The zero-order valence-electron chi connectivity index (χ0n) is 32.3. The van der Waals surface area contributed by atoms with Gasteiger partial charge in [-0.1, -0.05) is 145 Å². The third-order valence-electron chi connectivity index (χ3n) is 11.1. The topological polar surface area (TPSA) is 52.6 Å². The van der Waals surface area contributed by atoms with E-state index in [1.807, 2.05) is 0 Å².